The van der Waals surface area contributed by atoms with Crippen LogP contribution in [0.1, 0.15) is 21.6 Å². The average molecular weight is 280 g/mol. The van der Waals surface area contributed by atoms with E-state index in [0.29, 0.717) is 23.1 Å². The Hall–Kier alpha value is -2.01. The van der Waals surface area contributed by atoms with Gasteiger partial charge in [0.15, 0.2) is 0 Å². The molecule has 0 saturated heterocycles. The van der Waals surface area contributed by atoms with Gasteiger partial charge in [-0.1, -0.05) is 23.7 Å². The summed E-state index contributed by atoms with van der Waals surface area (Å²) in [5.74, 6) is -0.482. The van der Waals surface area contributed by atoms with Crippen LogP contribution in [0.25, 0.3) is 0 Å². The maximum Gasteiger partial charge on any atom is 0.341 e. The van der Waals surface area contributed by atoms with Gasteiger partial charge in [-0.05, 0) is 24.6 Å². The molecule has 19 heavy (non-hydrogen) atoms. The highest BCUT2D eigenvalue weighted by molar-refractivity contribution is 6.30. The smallest absolute Gasteiger partial charge is 0.341 e. The lowest BCUT2D eigenvalue weighted by molar-refractivity contribution is 0.0697. The molecule has 0 unspecified atom stereocenters. The summed E-state index contributed by atoms with van der Waals surface area (Å²) in [6.45, 7) is 2.19. The Balaban J connectivity index is 2.20. The van der Waals surface area contributed by atoms with Crippen molar-refractivity contribution in [1.82, 2.24) is 9.78 Å². The Bertz CT molecular complexity index is 605. The normalized spacial score (nSPS) is 10.5. The van der Waals surface area contributed by atoms with E-state index in [1.54, 1.807) is 26.1 Å². The monoisotopic (exact) mass is 279 g/mol. The number of rotatable bonds is 4. The molecule has 0 aliphatic heterocycles. The number of carbonyl (C=O) groups is 1. The highest BCUT2D eigenvalue weighted by atomic mass is 35.5. The van der Waals surface area contributed by atoms with Crippen molar-refractivity contribution in [3.8, 4) is 0 Å². The minimum absolute atomic E-state index is 0.205. The van der Waals surface area contributed by atoms with Crippen LogP contribution in [0.2, 0.25) is 5.02 Å². The van der Waals surface area contributed by atoms with Crippen LogP contribution in [0.3, 0.4) is 0 Å². The van der Waals surface area contributed by atoms with Gasteiger partial charge < -0.3 is 10.4 Å². The van der Waals surface area contributed by atoms with Gasteiger partial charge in [-0.3, -0.25) is 4.68 Å². The molecule has 0 fully saturated rings. The molecule has 2 aromatic rings. The molecule has 0 spiro atoms. The molecule has 5 nitrogen and oxygen atoms in total. The fourth-order valence-corrected chi connectivity index (χ4v) is 2.03. The fourth-order valence-electron chi connectivity index (χ4n) is 1.91. The number of carboxylic acid groups (broad SMARTS) is 1. The first-order chi connectivity index (χ1) is 8.99. The van der Waals surface area contributed by atoms with Gasteiger partial charge in [0.2, 0.25) is 0 Å². The molecule has 0 saturated carbocycles. The van der Waals surface area contributed by atoms with Gasteiger partial charge in [0.05, 0.1) is 5.69 Å². The summed E-state index contributed by atoms with van der Waals surface area (Å²) < 4.78 is 1.54. The molecular weight excluding hydrogens is 266 g/mol. The van der Waals surface area contributed by atoms with E-state index in [0.717, 1.165) is 5.56 Å². The molecule has 2 rings (SSSR count). The number of nitrogens with zero attached hydrogens (tertiary/aromatic N) is 2. The lowest BCUT2D eigenvalue weighted by atomic mass is 10.2. The van der Waals surface area contributed by atoms with Gasteiger partial charge in [-0.2, -0.15) is 5.10 Å². The maximum absolute atomic E-state index is 11.2. The van der Waals surface area contributed by atoms with E-state index < -0.39 is 5.97 Å². The number of aryl methyl sites for hydroxylation is 2. The number of aromatic carboxylic acids is 1. The number of benzene rings is 1. The Morgan fingerprint density at radius 1 is 1.42 bits per heavy atom. The van der Waals surface area contributed by atoms with Gasteiger partial charge in [0.1, 0.15) is 11.4 Å². The van der Waals surface area contributed by atoms with Gasteiger partial charge in [0, 0.05) is 18.6 Å². The van der Waals surface area contributed by atoms with Gasteiger partial charge in [-0.15, -0.1) is 0 Å². The Kier molecular flexibility index (Phi) is 3.76. The van der Waals surface area contributed by atoms with Gasteiger partial charge >= 0.3 is 5.97 Å². The molecule has 2 N–H and O–H groups in total. The van der Waals surface area contributed by atoms with Crippen LogP contribution in [-0.2, 0) is 13.6 Å². The molecule has 0 aliphatic rings. The van der Waals surface area contributed by atoms with Gasteiger partial charge in [0.25, 0.3) is 0 Å². The third-order valence-electron chi connectivity index (χ3n) is 2.81. The Morgan fingerprint density at radius 2 is 2.05 bits per heavy atom. The minimum Gasteiger partial charge on any atom is -0.477 e. The molecule has 100 valence electrons. The van der Waals surface area contributed by atoms with Crippen molar-refractivity contribution in [3.63, 3.8) is 0 Å². The molecule has 0 radical (unpaired) electrons. The SMILES string of the molecule is Cc1nn(C)c(NCc2ccc(Cl)cc2)c1C(=O)O. The van der Waals surface area contributed by atoms with Crippen molar-refractivity contribution >= 4 is 23.4 Å². The summed E-state index contributed by atoms with van der Waals surface area (Å²) in [5.41, 5.74) is 1.71. The predicted octanol–water partition coefficient (Wildman–Crippen LogP) is 2.69. The molecule has 1 aromatic carbocycles. The maximum atomic E-state index is 11.2. The van der Waals surface area contributed by atoms with E-state index >= 15 is 0 Å². The van der Waals surface area contributed by atoms with Crippen LogP contribution in [0.5, 0.6) is 0 Å². The second-order valence-corrected chi connectivity index (χ2v) is 4.65. The quantitative estimate of drug-likeness (QED) is 0.903. The van der Waals surface area contributed by atoms with Crippen LogP contribution in [0, 0.1) is 6.92 Å². The molecule has 0 amide bonds. The first kappa shape index (κ1) is 13.4. The number of anilines is 1. The average Bonchev–Trinajstić information content (AvgIpc) is 2.63. The Morgan fingerprint density at radius 3 is 2.63 bits per heavy atom. The number of hydrogen-bond acceptors (Lipinski definition) is 3. The first-order valence-electron chi connectivity index (χ1n) is 5.74. The third-order valence-corrected chi connectivity index (χ3v) is 3.06. The zero-order chi connectivity index (χ0) is 14.0. The van der Waals surface area contributed by atoms with Crippen LogP contribution in [-0.4, -0.2) is 20.9 Å². The number of carboxylic acids is 1. The highest BCUT2D eigenvalue weighted by Gasteiger charge is 2.19. The molecule has 0 bridgehead atoms. The number of aromatic nitrogens is 2. The van der Waals surface area contributed by atoms with E-state index in [1.165, 1.54) is 4.68 Å². The molecule has 6 heteroatoms. The summed E-state index contributed by atoms with van der Waals surface area (Å²) in [6.07, 6.45) is 0. The van der Waals surface area contributed by atoms with Gasteiger partial charge in [-0.25, -0.2) is 4.79 Å². The summed E-state index contributed by atoms with van der Waals surface area (Å²) >= 11 is 5.81. The zero-order valence-corrected chi connectivity index (χ0v) is 11.4. The van der Waals surface area contributed by atoms with E-state index in [1.807, 2.05) is 12.1 Å². The molecular formula is C13H14ClN3O2. The van der Waals surface area contributed by atoms with Crippen LogP contribution in [0.15, 0.2) is 24.3 Å². The van der Waals surface area contributed by atoms with E-state index in [-0.39, 0.29) is 5.56 Å². The summed E-state index contributed by atoms with van der Waals surface area (Å²) in [4.78, 5) is 11.2. The summed E-state index contributed by atoms with van der Waals surface area (Å²) in [5, 5.41) is 17.1. The standard InChI is InChI=1S/C13H14ClN3O2/c1-8-11(13(18)19)12(17(2)16-8)15-7-9-3-5-10(14)6-4-9/h3-6,15H,7H2,1-2H3,(H,18,19). The van der Waals surface area contributed by atoms with E-state index in [4.69, 9.17) is 11.6 Å². The fraction of sp³-hybridized carbons (Fsp3) is 0.231. The van der Waals surface area contributed by atoms with E-state index in [2.05, 4.69) is 10.4 Å². The number of halogens is 1. The minimum atomic E-state index is -0.982. The molecule has 1 aromatic heterocycles. The molecule has 0 aliphatic carbocycles. The summed E-state index contributed by atoms with van der Waals surface area (Å²) in [6, 6.07) is 7.37. The third kappa shape index (κ3) is 2.88. The second kappa shape index (κ2) is 5.32. The molecule has 1 heterocycles. The largest absolute Gasteiger partial charge is 0.477 e. The second-order valence-electron chi connectivity index (χ2n) is 4.22. The van der Waals surface area contributed by atoms with Crippen molar-refractivity contribution in [1.29, 1.82) is 0 Å². The lowest BCUT2D eigenvalue weighted by Gasteiger charge is -2.08. The van der Waals surface area contributed by atoms with Crippen molar-refractivity contribution in [2.24, 2.45) is 7.05 Å². The highest BCUT2D eigenvalue weighted by Crippen LogP contribution is 2.19. The summed E-state index contributed by atoms with van der Waals surface area (Å²) in [7, 11) is 1.71. The van der Waals surface area contributed by atoms with Crippen LogP contribution < -0.4 is 5.32 Å². The van der Waals surface area contributed by atoms with Crippen LogP contribution >= 0.6 is 11.6 Å². The van der Waals surface area contributed by atoms with E-state index in [9.17, 15) is 9.90 Å². The lowest BCUT2D eigenvalue weighted by Crippen LogP contribution is -2.09. The first-order valence-corrected chi connectivity index (χ1v) is 6.12. The predicted molar refractivity (Wildman–Crippen MR) is 73.7 cm³/mol. The number of nitrogens with one attached hydrogen (secondary N) is 1. The number of hydrogen-bond donors (Lipinski definition) is 2. The van der Waals surface area contributed by atoms with Crippen molar-refractivity contribution < 1.29 is 9.90 Å². The van der Waals surface area contributed by atoms with Crippen molar-refractivity contribution in [2.75, 3.05) is 5.32 Å². The molecule has 0 atom stereocenters. The zero-order valence-electron chi connectivity index (χ0n) is 10.6. The topological polar surface area (TPSA) is 67.2 Å². The van der Waals surface area contributed by atoms with Crippen molar-refractivity contribution in [2.45, 2.75) is 13.5 Å². The van der Waals surface area contributed by atoms with Crippen molar-refractivity contribution in [3.05, 3.63) is 46.1 Å². The Labute approximate surface area is 115 Å². The van der Waals surface area contributed by atoms with Crippen LogP contribution in [0.4, 0.5) is 5.82 Å².